The summed E-state index contributed by atoms with van der Waals surface area (Å²) in [4.78, 5) is 14.1. The second-order valence-electron chi connectivity index (χ2n) is 5.52. The summed E-state index contributed by atoms with van der Waals surface area (Å²) in [6.45, 7) is 0.974. The molecule has 0 saturated heterocycles. The van der Waals surface area contributed by atoms with Gasteiger partial charge < -0.3 is 15.3 Å². The Morgan fingerprint density at radius 1 is 1.45 bits per heavy atom. The van der Waals surface area contributed by atoms with E-state index in [0.717, 1.165) is 17.5 Å². The van der Waals surface area contributed by atoms with Gasteiger partial charge in [-0.15, -0.1) is 0 Å². The number of fused-ring (bicyclic) bond motifs is 1. The van der Waals surface area contributed by atoms with E-state index in [0.29, 0.717) is 13.1 Å². The zero-order chi connectivity index (χ0) is 15.5. The van der Waals surface area contributed by atoms with Crippen molar-refractivity contribution in [3.8, 4) is 0 Å². The molecule has 2 N–H and O–H groups in total. The third kappa shape index (κ3) is 2.82. The molecule has 2 aromatic rings. The molecule has 1 unspecified atom stereocenters. The summed E-state index contributed by atoms with van der Waals surface area (Å²) in [5.41, 5.74) is 3.19. The summed E-state index contributed by atoms with van der Waals surface area (Å²) >= 11 is 0. The van der Waals surface area contributed by atoms with Gasteiger partial charge in [-0.1, -0.05) is 24.3 Å². The number of aromatic nitrogens is 2. The van der Waals surface area contributed by atoms with Crippen molar-refractivity contribution in [3.05, 3.63) is 53.3 Å². The highest BCUT2D eigenvalue weighted by Crippen LogP contribution is 2.29. The minimum Gasteiger partial charge on any atom is -0.394 e. The molecule has 0 saturated carbocycles. The number of aliphatic hydroxyl groups is 1. The van der Waals surface area contributed by atoms with E-state index in [-0.39, 0.29) is 18.7 Å². The number of carbonyl (C=O) groups is 1. The molecule has 0 radical (unpaired) electrons. The van der Waals surface area contributed by atoms with Crippen LogP contribution in [0.2, 0.25) is 0 Å². The quantitative estimate of drug-likeness (QED) is 0.895. The lowest BCUT2D eigenvalue weighted by atomic mass is 9.93. The van der Waals surface area contributed by atoms with E-state index < -0.39 is 0 Å². The SMILES string of the molecule is Cn1cc(CNC(=O)N2CCc3ccccc3C2CO)cn1. The molecule has 1 aromatic carbocycles. The maximum Gasteiger partial charge on any atom is 0.318 e. The summed E-state index contributed by atoms with van der Waals surface area (Å²) in [7, 11) is 1.84. The molecule has 0 fully saturated rings. The Balaban J connectivity index is 1.70. The molecule has 1 aliphatic heterocycles. The van der Waals surface area contributed by atoms with Crippen molar-refractivity contribution < 1.29 is 9.90 Å². The molecule has 22 heavy (non-hydrogen) atoms. The molecule has 1 atom stereocenters. The Morgan fingerprint density at radius 2 is 2.27 bits per heavy atom. The number of hydrogen-bond donors (Lipinski definition) is 2. The van der Waals surface area contributed by atoms with Gasteiger partial charge in [-0.05, 0) is 17.5 Å². The van der Waals surface area contributed by atoms with E-state index in [1.807, 2.05) is 31.4 Å². The van der Waals surface area contributed by atoms with Gasteiger partial charge in [0.1, 0.15) is 0 Å². The van der Waals surface area contributed by atoms with Gasteiger partial charge in [-0.3, -0.25) is 4.68 Å². The number of urea groups is 1. The standard InChI is InChI=1S/C16H20N4O2/c1-19-10-12(9-18-19)8-17-16(22)20-7-6-13-4-2-3-5-14(13)15(20)11-21/h2-5,9-10,15,21H,6-8,11H2,1H3,(H,17,22). The van der Waals surface area contributed by atoms with Gasteiger partial charge >= 0.3 is 6.03 Å². The van der Waals surface area contributed by atoms with E-state index in [9.17, 15) is 9.90 Å². The van der Waals surface area contributed by atoms with Crippen LogP contribution in [0.15, 0.2) is 36.7 Å². The number of aliphatic hydroxyl groups excluding tert-OH is 1. The summed E-state index contributed by atoms with van der Waals surface area (Å²) in [6.07, 6.45) is 4.41. The van der Waals surface area contributed by atoms with E-state index in [2.05, 4.69) is 16.5 Å². The molecular weight excluding hydrogens is 280 g/mol. The Kier molecular flexibility index (Phi) is 4.11. The van der Waals surface area contributed by atoms with Crippen LogP contribution in [-0.2, 0) is 20.0 Å². The normalized spacial score (nSPS) is 17.2. The first-order chi connectivity index (χ1) is 10.7. The van der Waals surface area contributed by atoms with Crippen LogP contribution in [0.5, 0.6) is 0 Å². The predicted molar refractivity (Wildman–Crippen MR) is 82.1 cm³/mol. The minimum atomic E-state index is -0.279. The van der Waals surface area contributed by atoms with Crippen LogP contribution in [0.4, 0.5) is 4.79 Å². The number of rotatable bonds is 3. The van der Waals surface area contributed by atoms with Gasteiger partial charge in [-0.2, -0.15) is 5.10 Å². The van der Waals surface area contributed by atoms with Crippen LogP contribution in [0.1, 0.15) is 22.7 Å². The fourth-order valence-electron chi connectivity index (χ4n) is 2.93. The molecule has 1 aromatic heterocycles. The van der Waals surface area contributed by atoms with Gasteiger partial charge in [0.05, 0.1) is 18.8 Å². The summed E-state index contributed by atoms with van der Waals surface area (Å²) in [5, 5.41) is 16.7. The molecule has 0 bridgehead atoms. The number of nitrogens with one attached hydrogen (secondary N) is 1. The number of aryl methyl sites for hydroxylation is 1. The van der Waals surface area contributed by atoms with Gasteiger partial charge in [0.25, 0.3) is 0 Å². The smallest absolute Gasteiger partial charge is 0.318 e. The molecular formula is C16H20N4O2. The molecule has 2 amide bonds. The Bertz CT molecular complexity index is 668. The molecule has 0 aliphatic carbocycles. The van der Waals surface area contributed by atoms with Crippen molar-refractivity contribution in [1.82, 2.24) is 20.0 Å². The first-order valence-corrected chi connectivity index (χ1v) is 7.39. The van der Waals surface area contributed by atoms with Crippen molar-refractivity contribution >= 4 is 6.03 Å². The first kappa shape index (κ1) is 14.6. The zero-order valence-corrected chi connectivity index (χ0v) is 12.6. The lowest BCUT2D eigenvalue weighted by Gasteiger charge is -2.36. The molecule has 0 spiro atoms. The third-order valence-electron chi connectivity index (χ3n) is 4.05. The molecule has 3 rings (SSSR count). The lowest BCUT2D eigenvalue weighted by Crippen LogP contribution is -2.46. The van der Waals surface area contributed by atoms with Crippen LogP contribution in [-0.4, -0.2) is 39.0 Å². The lowest BCUT2D eigenvalue weighted by molar-refractivity contribution is 0.126. The largest absolute Gasteiger partial charge is 0.394 e. The van der Waals surface area contributed by atoms with Crippen molar-refractivity contribution in [1.29, 1.82) is 0 Å². The van der Waals surface area contributed by atoms with Crippen molar-refractivity contribution in [2.75, 3.05) is 13.2 Å². The maximum atomic E-state index is 12.4. The minimum absolute atomic E-state index is 0.0721. The Labute approximate surface area is 129 Å². The zero-order valence-electron chi connectivity index (χ0n) is 12.6. The summed E-state index contributed by atoms with van der Waals surface area (Å²) in [6, 6.07) is 7.54. The second-order valence-corrected chi connectivity index (χ2v) is 5.52. The average Bonchev–Trinajstić information content (AvgIpc) is 2.97. The number of benzene rings is 1. The second kappa shape index (κ2) is 6.19. The summed E-state index contributed by atoms with van der Waals surface area (Å²) in [5.74, 6) is 0. The number of carbonyl (C=O) groups excluding carboxylic acids is 1. The molecule has 6 heteroatoms. The highest BCUT2D eigenvalue weighted by molar-refractivity contribution is 5.75. The van der Waals surface area contributed by atoms with Crippen LogP contribution in [0, 0.1) is 0 Å². The molecule has 116 valence electrons. The Morgan fingerprint density at radius 3 is 3.00 bits per heavy atom. The number of amides is 2. The van der Waals surface area contributed by atoms with Crippen LogP contribution in [0.25, 0.3) is 0 Å². The van der Waals surface area contributed by atoms with Gasteiger partial charge in [0.15, 0.2) is 0 Å². The fourth-order valence-corrected chi connectivity index (χ4v) is 2.93. The monoisotopic (exact) mass is 300 g/mol. The highest BCUT2D eigenvalue weighted by atomic mass is 16.3. The fraction of sp³-hybridized carbons (Fsp3) is 0.375. The Hall–Kier alpha value is -2.34. The predicted octanol–water partition coefficient (Wildman–Crippen LogP) is 1.22. The van der Waals surface area contributed by atoms with Gasteiger partial charge in [0, 0.05) is 31.9 Å². The van der Waals surface area contributed by atoms with Crippen molar-refractivity contribution in [2.45, 2.75) is 19.0 Å². The van der Waals surface area contributed by atoms with Gasteiger partial charge in [0.2, 0.25) is 0 Å². The average molecular weight is 300 g/mol. The first-order valence-electron chi connectivity index (χ1n) is 7.39. The highest BCUT2D eigenvalue weighted by Gasteiger charge is 2.29. The third-order valence-corrected chi connectivity index (χ3v) is 4.05. The van der Waals surface area contributed by atoms with Crippen LogP contribution < -0.4 is 5.32 Å². The van der Waals surface area contributed by atoms with E-state index in [4.69, 9.17) is 0 Å². The van der Waals surface area contributed by atoms with E-state index >= 15 is 0 Å². The summed E-state index contributed by atoms with van der Waals surface area (Å²) < 4.78 is 1.70. The van der Waals surface area contributed by atoms with Crippen molar-refractivity contribution in [3.63, 3.8) is 0 Å². The number of hydrogen-bond acceptors (Lipinski definition) is 3. The van der Waals surface area contributed by atoms with E-state index in [1.54, 1.807) is 15.8 Å². The molecule has 1 aliphatic rings. The van der Waals surface area contributed by atoms with E-state index in [1.165, 1.54) is 5.56 Å². The number of nitrogens with zero attached hydrogens (tertiary/aromatic N) is 3. The topological polar surface area (TPSA) is 70.4 Å². The van der Waals surface area contributed by atoms with Crippen LogP contribution >= 0.6 is 0 Å². The molecule has 2 heterocycles. The van der Waals surface area contributed by atoms with Crippen LogP contribution in [0.3, 0.4) is 0 Å². The van der Waals surface area contributed by atoms with Crippen molar-refractivity contribution in [2.24, 2.45) is 7.05 Å². The molecule has 6 nitrogen and oxygen atoms in total. The van der Waals surface area contributed by atoms with Gasteiger partial charge in [-0.25, -0.2) is 4.79 Å². The maximum absolute atomic E-state index is 12.4.